The smallest absolute Gasteiger partial charge is 0.244 e. The fourth-order valence-electron chi connectivity index (χ4n) is 2.57. The first-order valence-corrected chi connectivity index (χ1v) is 8.68. The third-order valence-electron chi connectivity index (χ3n) is 3.68. The van der Waals surface area contributed by atoms with Crippen LogP contribution in [0.15, 0.2) is 17.2 Å². The maximum absolute atomic E-state index is 12.6. The fourth-order valence-corrected chi connectivity index (χ4v) is 4.24. The van der Waals surface area contributed by atoms with Gasteiger partial charge in [-0.2, -0.15) is 4.31 Å². The number of hydrogen-bond acceptors (Lipinski definition) is 5. The van der Waals surface area contributed by atoms with Crippen molar-refractivity contribution in [3.63, 3.8) is 0 Å². The van der Waals surface area contributed by atoms with Crippen LogP contribution in [0.4, 0.5) is 5.82 Å². The molecule has 1 saturated heterocycles. The van der Waals surface area contributed by atoms with Gasteiger partial charge in [0.1, 0.15) is 10.7 Å². The molecular weight excluding hydrogens is 312 g/mol. The molecule has 0 aromatic carbocycles. The summed E-state index contributed by atoms with van der Waals surface area (Å²) in [7, 11) is 0.530. The van der Waals surface area contributed by atoms with E-state index >= 15 is 0 Å². The summed E-state index contributed by atoms with van der Waals surface area (Å²) in [5.74, 6) is 0.680. The van der Waals surface area contributed by atoms with E-state index in [0.717, 1.165) is 19.4 Å². The summed E-state index contributed by atoms with van der Waals surface area (Å²) in [6.07, 6.45) is 3.00. The molecule has 0 amide bonds. The second-order valence-electron chi connectivity index (χ2n) is 5.65. The van der Waals surface area contributed by atoms with Gasteiger partial charge in [0.05, 0.1) is 5.02 Å². The standard InChI is InChI=1S/C13H21ClN4O2S/c1-17(2)9-10-3-5-18(6-4-10)21(19,20)11-7-12(14)13(15)16-8-11/h7-8,10H,3-6,9H2,1-2H3,(H2,15,16). The normalized spacial score (nSPS) is 18.3. The Bertz CT molecular complexity index is 598. The number of hydrogen-bond donors (Lipinski definition) is 1. The lowest BCUT2D eigenvalue weighted by Gasteiger charge is -2.32. The summed E-state index contributed by atoms with van der Waals surface area (Å²) in [5.41, 5.74) is 5.52. The van der Waals surface area contributed by atoms with E-state index < -0.39 is 10.0 Å². The minimum atomic E-state index is -3.54. The van der Waals surface area contributed by atoms with E-state index in [1.165, 1.54) is 16.6 Å². The van der Waals surface area contributed by atoms with Crippen LogP contribution in [0.1, 0.15) is 12.8 Å². The molecule has 0 radical (unpaired) electrons. The molecule has 6 nitrogen and oxygen atoms in total. The molecule has 1 aromatic rings. The number of nitrogens with two attached hydrogens (primary N) is 1. The molecule has 118 valence electrons. The Kier molecular flexibility index (Phi) is 5.08. The maximum atomic E-state index is 12.6. The van der Waals surface area contributed by atoms with Gasteiger partial charge < -0.3 is 10.6 Å². The second kappa shape index (κ2) is 6.48. The Balaban J connectivity index is 2.09. The molecule has 8 heteroatoms. The van der Waals surface area contributed by atoms with Crippen LogP contribution in [-0.2, 0) is 10.0 Å². The summed E-state index contributed by atoms with van der Waals surface area (Å²) in [5, 5.41) is 0.165. The van der Waals surface area contributed by atoms with Crippen LogP contribution < -0.4 is 5.73 Å². The number of pyridine rings is 1. The van der Waals surface area contributed by atoms with Crippen molar-refractivity contribution < 1.29 is 8.42 Å². The number of anilines is 1. The predicted molar refractivity (Wildman–Crippen MR) is 83.7 cm³/mol. The largest absolute Gasteiger partial charge is 0.382 e. The van der Waals surface area contributed by atoms with Gasteiger partial charge in [-0.05, 0) is 38.9 Å². The van der Waals surface area contributed by atoms with E-state index in [-0.39, 0.29) is 15.7 Å². The minimum absolute atomic E-state index is 0.104. The summed E-state index contributed by atoms with van der Waals surface area (Å²) in [6, 6.07) is 1.37. The van der Waals surface area contributed by atoms with Crippen LogP contribution >= 0.6 is 11.6 Å². The minimum Gasteiger partial charge on any atom is -0.382 e. The monoisotopic (exact) mass is 332 g/mol. The Morgan fingerprint density at radius 1 is 1.43 bits per heavy atom. The molecule has 2 heterocycles. The van der Waals surface area contributed by atoms with E-state index in [9.17, 15) is 8.42 Å². The zero-order chi connectivity index (χ0) is 15.6. The van der Waals surface area contributed by atoms with E-state index in [1.54, 1.807) is 0 Å². The Labute approximate surface area is 130 Å². The average molecular weight is 333 g/mol. The van der Waals surface area contributed by atoms with Gasteiger partial charge in [0.15, 0.2) is 0 Å². The Morgan fingerprint density at radius 2 is 2.05 bits per heavy atom. The van der Waals surface area contributed by atoms with E-state index in [0.29, 0.717) is 19.0 Å². The molecule has 2 rings (SSSR count). The molecule has 21 heavy (non-hydrogen) atoms. The molecule has 0 atom stereocenters. The van der Waals surface area contributed by atoms with Gasteiger partial charge in [0, 0.05) is 25.8 Å². The van der Waals surface area contributed by atoms with Crippen molar-refractivity contribution in [2.24, 2.45) is 5.92 Å². The van der Waals surface area contributed by atoms with Gasteiger partial charge in [-0.25, -0.2) is 13.4 Å². The van der Waals surface area contributed by atoms with E-state index in [4.69, 9.17) is 17.3 Å². The van der Waals surface area contributed by atoms with Gasteiger partial charge in [-0.1, -0.05) is 11.6 Å². The van der Waals surface area contributed by atoms with Gasteiger partial charge in [0.25, 0.3) is 0 Å². The van der Waals surface area contributed by atoms with Gasteiger partial charge in [0.2, 0.25) is 10.0 Å². The van der Waals surface area contributed by atoms with Gasteiger partial charge in [-0.15, -0.1) is 0 Å². The van der Waals surface area contributed by atoms with Crippen LogP contribution in [0.3, 0.4) is 0 Å². The van der Waals surface area contributed by atoms with E-state index in [1.807, 2.05) is 14.1 Å². The van der Waals surface area contributed by atoms with Crippen molar-refractivity contribution in [3.05, 3.63) is 17.3 Å². The highest BCUT2D eigenvalue weighted by atomic mass is 35.5. The molecule has 0 spiro atoms. The molecule has 0 bridgehead atoms. The Morgan fingerprint density at radius 3 is 2.57 bits per heavy atom. The molecule has 1 fully saturated rings. The van der Waals surface area contributed by atoms with Crippen molar-refractivity contribution in [2.45, 2.75) is 17.7 Å². The summed E-state index contributed by atoms with van der Waals surface area (Å²) < 4.78 is 26.6. The second-order valence-corrected chi connectivity index (χ2v) is 7.99. The lowest BCUT2D eigenvalue weighted by Crippen LogP contribution is -2.40. The van der Waals surface area contributed by atoms with Gasteiger partial charge >= 0.3 is 0 Å². The summed E-state index contributed by atoms with van der Waals surface area (Å²) in [6.45, 7) is 2.05. The van der Waals surface area contributed by atoms with E-state index in [2.05, 4.69) is 9.88 Å². The highest BCUT2D eigenvalue weighted by molar-refractivity contribution is 7.89. The first kappa shape index (κ1) is 16.5. The van der Waals surface area contributed by atoms with Gasteiger partial charge in [-0.3, -0.25) is 0 Å². The molecule has 0 unspecified atom stereocenters. The number of nitrogens with zero attached hydrogens (tertiary/aromatic N) is 3. The number of rotatable bonds is 4. The van der Waals surface area contributed by atoms with Crippen molar-refractivity contribution in [1.82, 2.24) is 14.2 Å². The zero-order valence-corrected chi connectivity index (χ0v) is 13.9. The predicted octanol–water partition coefficient (Wildman–Crippen LogP) is 1.28. The zero-order valence-electron chi connectivity index (χ0n) is 12.3. The van der Waals surface area contributed by atoms with Crippen LogP contribution in [0.5, 0.6) is 0 Å². The Hall–Kier alpha value is -0.890. The van der Waals surface area contributed by atoms with Crippen LogP contribution in [0.2, 0.25) is 5.02 Å². The lowest BCUT2D eigenvalue weighted by atomic mass is 9.98. The quantitative estimate of drug-likeness (QED) is 0.898. The molecule has 0 aliphatic carbocycles. The van der Waals surface area contributed by atoms with Crippen molar-refractivity contribution >= 4 is 27.4 Å². The van der Waals surface area contributed by atoms with Crippen LogP contribution in [0.25, 0.3) is 0 Å². The molecule has 1 aliphatic rings. The maximum Gasteiger partial charge on any atom is 0.244 e. The topological polar surface area (TPSA) is 79.5 Å². The first-order chi connectivity index (χ1) is 9.80. The number of piperidine rings is 1. The number of sulfonamides is 1. The number of halogens is 1. The third kappa shape index (κ3) is 3.85. The number of aromatic nitrogens is 1. The molecule has 2 N–H and O–H groups in total. The average Bonchev–Trinajstić information content (AvgIpc) is 2.41. The molecular formula is C13H21ClN4O2S. The number of nitrogen functional groups attached to an aromatic ring is 1. The van der Waals surface area contributed by atoms with Crippen molar-refractivity contribution in [2.75, 3.05) is 39.5 Å². The first-order valence-electron chi connectivity index (χ1n) is 6.86. The molecule has 1 aliphatic heterocycles. The molecule has 0 saturated carbocycles. The highest BCUT2D eigenvalue weighted by Gasteiger charge is 2.30. The lowest BCUT2D eigenvalue weighted by molar-refractivity contribution is 0.225. The summed E-state index contributed by atoms with van der Waals surface area (Å²) >= 11 is 5.86. The fraction of sp³-hybridized carbons (Fsp3) is 0.615. The van der Waals surface area contributed by atoms with Crippen LogP contribution in [0, 0.1) is 5.92 Å². The SMILES string of the molecule is CN(C)CC1CCN(S(=O)(=O)c2cnc(N)c(Cl)c2)CC1. The summed E-state index contributed by atoms with van der Waals surface area (Å²) in [4.78, 5) is 6.07. The van der Waals surface area contributed by atoms with Crippen molar-refractivity contribution in [3.8, 4) is 0 Å². The highest BCUT2D eigenvalue weighted by Crippen LogP contribution is 2.26. The third-order valence-corrected chi connectivity index (χ3v) is 5.85. The van der Waals surface area contributed by atoms with Crippen LogP contribution in [-0.4, -0.2) is 56.3 Å². The molecule has 1 aromatic heterocycles. The van der Waals surface area contributed by atoms with Crippen molar-refractivity contribution in [1.29, 1.82) is 0 Å².